The summed E-state index contributed by atoms with van der Waals surface area (Å²) in [4.78, 5) is 23.2. The summed E-state index contributed by atoms with van der Waals surface area (Å²) in [5.74, 6) is -0.956. The van der Waals surface area contributed by atoms with Gasteiger partial charge in [-0.1, -0.05) is 41.9 Å². The lowest BCUT2D eigenvalue weighted by atomic mass is 9.82. The van der Waals surface area contributed by atoms with Crippen LogP contribution >= 0.6 is 15.9 Å². The summed E-state index contributed by atoms with van der Waals surface area (Å²) in [6.45, 7) is 3.86. The molecule has 0 radical (unpaired) electrons. The average molecular weight is 356 g/mol. The molecule has 0 unspecified atom stereocenters. The van der Waals surface area contributed by atoms with E-state index in [0.717, 1.165) is 10.0 Å². The quantitative estimate of drug-likeness (QED) is 0.750. The molecule has 21 heavy (non-hydrogen) atoms. The number of carbonyl (C=O) groups excluding carboxylic acids is 1. The second-order valence-electron chi connectivity index (χ2n) is 5.20. The Morgan fingerprint density at radius 2 is 1.95 bits per heavy atom. The Bertz CT molecular complexity index is 498. The van der Waals surface area contributed by atoms with Crippen molar-refractivity contribution >= 4 is 27.8 Å². The van der Waals surface area contributed by atoms with Gasteiger partial charge in [-0.3, -0.25) is 9.59 Å². The van der Waals surface area contributed by atoms with Gasteiger partial charge in [0.25, 0.3) is 0 Å². The van der Waals surface area contributed by atoms with Gasteiger partial charge >= 0.3 is 5.97 Å². The molecule has 1 amide bonds. The maximum atomic E-state index is 11.9. The molecule has 0 aromatic heterocycles. The normalized spacial score (nSPS) is 11.2. The van der Waals surface area contributed by atoms with Gasteiger partial charge in [0.1, 0.15) is 0 Å². The van der Waals surface area contributed by atoms with Crippen LogP contribution < -0.4 is 5.32 Å². The number of aryl methyl sites for hydroxylation is 1. The van der Waals surface area contributed by atoms with Crippen LogP contribution in [0.2, 0.25) is 0 Å². The predicted octanol–water partition coefficient (Wildman–Crippen LogP) is 3.39. The fourth-order valence-corrected chi connectivity index (χ4v) is 2.63. The van der Waals surface area contributed by atoms with Crippen LogP contribution in [0.5, 0.6) is 0 Å². The number of hydrogen-bond acceptors (Lipinski definition) is 2. The Hall–Kier alpha value is -1.36. The van der Waals surface area contributed by atoms with Gasteiger partial charge in [-0.2, -0.15) is 0 Å². The lowest BCUT2D eigenvalue weighted by molar-refractivity contribution is -0.149. The molecule has 0 atom stereocenters. The first kappa shape index (κ1) is 17.7. The molecule has 0 aliphatic carbocycles. The van der Waals surface area contributed by atoms with Crippen LogP contribution in [0.4, 0.5) is 0 Å². The molecule has 5 heteroatoms. The van der Waals surface area contributed by atoms with Crippen molar-refractivity contribution in [1.82, 2.24) is 5.32 Å². The van der Waals surface area contributed by atoms with Gasteiger partial charge < -0.3 is 10.4 Å². The van der Waals surface area contributed by atoms with Gasteiger partial charge in [0.2, 0.25) is 5.91 Å². The van der Waals surface area contributed by atoms with Crippen LogP contribution in [0.25, 0.3) is 0 Å². The van der Waals surface area contributed by atoms with Gasteiger partial charge in [-0.25, -0.2) is 0 Å². The number of rotatable bonds is 8. The third-order valence-electron chi connectivity index (χ3n) is 3.96. The highest BCUT2D eigenvalue weighted by Gasteiger charge is 2.34. The van der Waals surface area contributed by atoms with Crippen LogP contribution in [0.1, 0.15) is 38.7 Å². The lowest BCUT2D eigenvalue weighted by Gasteiger charge is -2.26. The lowest BCUT2D eigenvalue weighted by Crippen LogP contribution is -2.42. The minimum atomic E-state index is -0.856. The minimum Gasteiger partial charge on any atom is -0.481 e. The minimum absolute atomic E-state index is 0.109. The SMILES string of the molecule is CCC(CC)(CNC(=O)CCc1cccc(Br)c1)C(=O)O. The molecule has 116 valence electrons. The summed E-state index contributed by atoms with van der Waals surface area (Å²) in [5, 5.41) is 12.1. The molecule has 0 spiro atoms. The summed E-state index contributed by atoms with van der Waals surface area (Å²) in [5.41, 5.74) is 0.223. The summed E-state index contributed by atoms with van der Waals surface area (Å²) in [6, 6.07) is 7.82. The van der Waals surface area contributed by atoms with Gasteiger partial charge in [0, 0.05) is 17.4 Å². The molecule has 0 aliphatic rings. The van der Waals surface area contributed by atoms with E-state index in [1.165, 1.54) is 0 Å². The van der Waals surface area contributed by atoms with Crippen LogP contribution in [0.3, 0.4) is 0 Å². The highest BCUT2D eigenvalue weighted by Crippen LogP contribution is 2.25. The van der Waals surface area contributed by atoms with E-state index >= 15 is 0 Å². The second-order valence-corrected chi connectivity index (χ2v) is 6.11. The third kappa shape index (κ3) is 5.16. The monoisotopic (exact) mass is 355 g/mol. The predicted molar refractivity (Wildman–Crippen MR) is 86.1 cm³/mol. The fraction of sp³-hybridized carbons (Fsp3) is 0.500. The number of nitrogens with one attached hydrogen (secondary N) is 1. The Balaban J connectivity index is 2.49. The number of carbonyl (C=O) groups is 2. The Morgan fingerprint density at radius 1 is 1.29 bits per heavy atom. The molecule has 1 rings (SSSR count). The molecule has 4 nitrogen and oxygen atoms in total. The number of carboxylic acid groups (broad SMARTS) is 1. The van der Waals surface area contributed by atoms with E-state index in [9.17, 15) is 14.7 Å². The van der Waals surface area contributed by atoms with Gasteiger partial charge in [-0.15, -0.1) is 0 Å². The van der Waals surface area contributed by atoms with Gasteiger partial charge in [0.05, 0.1) is 5.41 Å². The van der Waals surface area contributed by atoms with Crippen molar-refractivity contribution in [1.29, 1.82) is 0 Å². The topological polar surface area (TPSA) is 66.4 Å². The van der Waals surface area contributed by atoms with Crippen LogP contribution in [-0.2, 0) is 16.0 Å². The second kappa shape index (κ2) is 8.17. The average Bonchev–Trinajstić information content (AvgIpc) is 2.46. The molecule has 2 N–H and O–H groups in total. The Labute approximate surface area is 134 Å². The molecule has 0 saturated carbocycles. The Kier molecular flexibility index (Phi) is 6.89. The van der Waals surface area contributed by atoms with Crippen molar-refractivity contribution in [3.63, 3.8) is 0 Å². The number of benzene rings is 1. The number of carboxylic acids is 1. The fourth-order valence-electron chi connectivity index (χ4n) is 2.18. The molecule has 0 heterocycles. The van der Waals surface area contributed by atoms with E-state index in [1.54, 1.807) is 0 Å². The number of hydrogen-bond donors (Lipinski definition) is 2. The highest BCUT2D eigenvalue weighted by molar-refractivity contribution is 9.10. The zero-order chi connectivity index (χ0) is 15.9. The summed E-state index contributed by atoms with van der Waals surface area (Å²) in [6.07, 6.45) is 2.01. The maximum absolute atomic E-state index is 11.9. The number of halogens is 1. The van der Waals surface area contributed by atoms with Crippen LogP contribution in [0, 0.1) is 5.41 Å². The van der Waals surface area contributed by atoms with Crippen molar-refractivity contribution in [2.24, 2.45) is 5.41 Å². The first-order valence-corrected chi connectivity index (χ1v) is 7.97. The third-order valence-corrected chi connectivity index (χ3v) is 4.45. The first-order chi connectivity index (χ1) is 9.93. The van der Waals surface area contributed by atoms with E-state index in [2.05, 4.69) is 21.2 Å². The Morgan fingerprint density at radius 3 is 2.48 bits per heavy atom. The van der Waals surface area contributed by atoms with Gasteiger partial charge in [0.15, 0.2) is 0 Å². The maximum Gasteiger partial charge on any atom is 0.311 e. The zero-order valence-electron chi connectivity index (χ0n) is 12.5. The molecule has 0 saturated heterocycles. The van der Waals surface area contributed by atoms with E-state index in [1.807, 2.05) is 38.1 Å². The van der Waals surface area contributed by atoms with E-state index < -0.39 is 11.4 Å². The molecular formula is C16H22BrNO3. The molecule has 1 aromatic carbocycles. The molecule has 0 bridgehead atoms. The van der Waals surface area contributed by atoms with Crippen molar-refractivity contribution < 1.29 is 14.7 Å². The standard InChI is InChI=1S/C16H22BrNO3/c1-3-16(4-2,15(20)21)11-18-14(19)9-8-12-6-5-7-13(17)10-12/h5-7,10H,3-4,8-9,11H2,1-2H3,(H,18,19)(H,20,21). The highest BCUT2D eigenvalue weighted by atomic mass is 79.9. The largest absolute Gasteiger partial charge is 0.481 e. The summed E-state index contributed by atoms with van der Waals surface area (Å²) >= 11 is 3.39. The van der Waals surface area contributed by atoms with Crippen molar-refractivity contribution in [3.05, 3.63) is 34.3 Å². The summed E-state index contributed by atoms with van der Waals surface area (Å²) < 4.78 is 0.988. The smallest absolute Gasteiger partial charge is 0.311 e. The first-order valence-electron chi connectivity index (χ1n) is 7.18. The van der Waals surface area contributed by atoms with E-state index in [0.29, 0.717) is 25.7 Å². The van der Waals surface area contributed by atoms with Gasteiger partial charge in [-0.05, 0) is 37.0 Å². The molecular weight excluding hydrogens is 334 g/mol. The van der Waals surface area contributed by atoms with Crippen LogP contribution in [0.15, 0.2) is 28.7 Å². The van der Waals surface area contributed by atoms with Crippen LogP contribution in [-0.4, -0.2) is 23.5 Å². The number of aliphatic carboxylic acids is 1. The van der Waals surface area contributed by atoms with E-state index in [4.69, 9.17) is 0 Å². The molecule has 0 aliphatic heterocycles. The van der Waals surface area contributed by atoms with E-state index in [-0.39, 0.29) is 12.5 Å². The number of amides is 1. The molecule has 0 fully saturated rings. The molecule has 1 aromatic rings. The zero-order valence-corrected chi connectivity index (χ0v) is 14.1. The van der Waals surface area contributed by atoms with Crippen molar-refractivity contribution in [3.8, 4) is 0 Å². The van der Waals surface area contributed by atoms with Crippen molar-refractivity contribution in [2.45, 2.75) is 39.5 Å². The summed E-state index contributed by atoms with van der Waals surface area (Å²) in [7, 11) is 0. The van der Waals surface area contributed by atoms with Crippen molar-refractivity contribution in [2.75, 3.05) is 6.54 Å².